The van der Waals surface area contributed by atoms with E-state index in [-0.39, 0.29) is 5.41 Å². The van der Waals surface area contributed by atoms with Crippen molar-refractivity contribution >= 4 is 5.57 Å². The molecule has 0 aromatic heterocycles. The Morgan fingerprint density at radius 1 is 1.28 bits per heavy atom. The van der Waals surface area contributed by atoms with Crippen molar-refractivity contribution in [3.05, 3.63) is 64.4 Å². The summed E-state index contributed by atoms with van der Waals surface area (Å²) in [6, 6.07) is 6.96. The predicted molar refractivity (Wildman–Crippen MR) is 111 cm³/mol. The zero-order chi connectivity index (χ0) is 19.0. The molecule has 138 valence electrons. The molecule has 0 bridgehead atoms. The highest BCUT2D eigenvalue weighted by atomic mass is 15.2. The average Bonchev–Trinajstić information content (AvgIpc) is 2.77. The smallest absolute Gasteiger partial charge is 0.0117 e. The topological polar surface area (TPSA) is 64.1 Å². The first-order chi connectivity index (χ1) is 11.8. The minimum Gasteiger partial charge on any atom is -0.402 e. The van der Waals surface area contributed by atoms with Crippen LogP contribution in [0.15, 0.2) is 47.7 Å². The number of rotatable bonds is 5. The number of allylic oxidation sites excluding steroid dienone is 6. The minimum atomic E-state index is 0.163. The van der Waals surface area contributed by atoms with E-state index in [9.17, 15) is 0 Å². The molecule has 0 spiro atoms. The number of hydrogen-bond donors (Lipinski definition) is 3. The summed E-state index contributed by atoms with van der Waals surface area (Å²) < 4.78 is 0. The highest BCUT2D eigenvalue weighted by Gasteiger charge is 2.34. The number of fused-ring (bicyclic) bond motifs is 1. The quantitative estimate of drug-likeness (QED) is 0.417. The fourth-order valence-electron chi connectivity index (χ4n) is 3.68. The molecule has 0 fully saturated rings. The van der Waals surface area contributed by atoms with Crippen molar-refractivity contribution < 1.29 is 0 Å². The molecule has 1 aromatic rings. The van der Waals surface area contributed by atoms with E-state index in [1.165, 1.54) is 22.3 Å². The molecular weight excluding hydrogens is 306 g/mol. The van der Waals surface area contributed by atoms with Gasteiger partial charge in [-0.15, -0.1) is 0 Å². The van der Waals surface area contributed by atoms with E-state index >= 15 is 0 Å². The van der Waals surface area contributed by atoms with Gasteiger partial charge in [0, 0.05) is 11.1 Å². The highest BCUT2D eigenvalue weighted by Crippen LogP contribution is 2.47. The fourth-order valence-corrected chi connectivity index (χ4v) is 3.68. The van der Waals surface area contributed by atoms with Crippen LogP contribution in [0.1, 0.15) is 64.2 Å². The van der Waals surface area contributed by atoms with Crippen molar-refractivity contribution in [3.8, 4) is 0 Å². The summed E-state index contributed by atoms with van der Waals surface area (Å²) in [5.41, 5.74) is 16.7. The van der Waals surface area contributed by atoms with Crippen molar-refractivity contribution in [2.45, 2.75) is 59.3 Å². The zero-order valence-corrected chi connectivity index (χ0v) is 16.7. The zero-order valence-electron chi connectivity index (χ0n) is 16.7. The van der Waals surface area contributed by atoms with Crippen LogP contribution in [0.5, 0.6) is 0 Å². The van der Waals surface area contributed by atoms with Gasteiger partial charge in [0.05, 0.1) is 0 Å². The van der Waals surface area contributed by atoms with Crippen LogP contribution < -0.4 is 17.0 Å². The number of hydrazine groups is 1. The van der Waals surface area contributed by atoms with Gasteiger partial charge in [0.2, 0.25) is 0 Å². The maximum absolute atomic E-state index is 6.04. The Hall–Kier alpha value is -1.84. The number of aryl methyl sites for hydroxylation is 1. The standard InChI is InChI=1S/C21H29N.CH6N2/c1-6-8-9-17(22)12-10-16-11-13-18-15(3)19(7-2)21(4,5)20(18)14-16;1-3-2/h6,8-9,11,13-14H,7,10,12,22H2,1-5H3;3H,2H2,1H3/b8-6-,17-9+;. The van der Waals surface area contributed by atoms with Gasteiger partial charge < -0.3 is 5.73 Å². The third-order valence-electron chi connectivity index (χ3n) is 4.93. The van der Waals surface area contributed by atoms with Crippen LogP contribution in [0.2, 0.25) is 0 Å². The van der Waals surface area contributed by atoms with Gasteiger partial charge in [0.25, 0.3) is 0 Å². The van der Waals surface area contributed by atoms with Crippen molar-refractivity contribution in [2.24, 2.45) is 11.6 Å². The SMILES string of the molecule is C/C=C\C=C(\N)CCc1ccc2c(c1)C(C)(C)C(CC)=C2C.CNN. The molecule has 3 nitrogen and oxygen atoms in total. The number of hydrogen-bond acceptors (Lipinski definition) is 3. The summed E-state index contributed by atoms with van der Waals surface area (Å²) in [5, 5.41) is 0. The maximum Gasteiger partial charge on any atom is 0.0117 e. The average molecular weight is 342 g/mol. The van der Waals surface area contributed by atoms with E-state index in [0.29, 0.717) is 0 Å². The summed E-state index contributed by atoms with van der Waals surface area (Å²) in [5.74, 6) is 4.60. The largest absolute Gasteiger partial charge is 0.402 e. The Morgan fingerprint density at radius 2 is 1.92 bits per heavy atom. The highest BCUT2D eigenvalue weighted by molar-refractivity contribution is 5.79. The van der Waals surface area contributed by atoms with Gasteiger partial charge in [-0.05, 0) is 68.5 Å². The molecule has 25 heavy (non-hydrogen) atoms. The van der Waals surface area contributed by atoms with Gasteiger partial charge in [-0.25, -0.2) is 0 Å². The van der Waals surface area contributed by atoms with Crippen LogP contribution in [0.25, 0.3) is 5.57 Å². The van der Waals surface area contributed by atoms with Gasteiger partial charge in [0.1, 0.15) is 0 Å². The third-order valence-corrected chi connectivity index (χ3v) is 4.93. The fraction of sp³-hybridized carbons (Fsp3) is 0.455. The lowest BCUT2D eigenvalue weighted by atomic mass is 9.79. The van der Waals surface area contributed by atoms with Gasteiger partial charge in [-0.3, -0.25) is 11.3 Å². The van der Waals surface area contributed by atoms with Crippen LogP contribution in [0, 0.1) is 0 Å². The van der Waals surface area contributed by atoms with E-state index in [0.717, 1.165) is 25.0 Å². The van der Waals surface area contributed by atoms with Crippen molar-refractivity contribution in [2.75, 3.05) is 7.05 Å². The third kappa shape index (κ3) is 5.07. The van der Waals surface area contributed by atoms with Crippen LogP contribution >= 0.6 is 0 Å². The second-order valence-electron chi connectivity index (χ2n) is 7.02. The van der Waals surface area contributed by atoms with E-state index in [4.69, 9.17) is 5.73 Å². The minimum absolute atomic E-state index is 0.163. The van der Waals surface area contributed by atoms with Crippen molar-refractivity contribution in [1.82, 2.24) is 5.43 Å². The lowest BCUT2D eigenvalue weighted by molar-refractivity contribution is 0.616. The van der Waals surface area contributed by atoms with Crippen LogP contribution in [0.3, 0.4) is 0 Å². The molecule has 2 rings (SSSR count). The molecule has 0 heterocycles. The maximum atomic E-state index is 6.04. The molecule has 1 aromatic carbocycles. The lowest BCUT2D eigenvalue weighted by Gasteiger charge is -2.24. The van der Waals surface area contributed by atoms with Gasteiger partial charge in [-0.2, -0.15) is 0 Å². The van der Waals surface area contributed by atoms with Crippen molar-refractivity contribution in [3.63, 3.8) is 0 Å². The molecular formula is C22H35N3. The Morgan fingerprint density at radius 3 is 2.48 bits per heavy atom. The number of nitrogens with one attached hydrogen (secondary N) is 1. The molecule has 0 saturated carbocycles. The summed E-state index contributed by atoms with van der Waals surface area (Å²) in [6.45, 7) is 11.2. The van der Waals surface area contributed by atoms with Crippen LogP contribution in [-0.4, -0.2) is 7.05 Å². The lowest BCUT2D eigenvalue weighted by Crippen LogP contribution is -2.17. The van der Waals surface area contributed by atoms with E-state index in [1.807, 2.05) is 25.2 Å². The van der Waals surface area contributed by atoms with Crippen LogP contribution in [-0.2, 0) is 11.8 Å². The molecule has 0 radical (unpaired) electrons. The summed E-state index contributed by atoms with van der Waals surface area (Å²) in [7, 11) is 1.65. The second-order valence-corrected chi connectivity index (χ2v) is 7.02. The molecule has 0 aliphatic heterocycles. The molecule has 5 N–H and O–H groups in total. The molecule has 1 aliphatic carbocycles. The van der Waals surface area contributed by atoms with E-state index in [2.05, 4.69) is 57.2 Å². The molecule has 0 unspecified atom stereocenters. The molecule has 0 atom stereocenters. The Bertz CT molecular complexity index is 664. The Kier molecular flexibility index (Phi) is 8.14. The molecule has 0 saturated heterocycles. The molecule has 1 aliphatic rings. The van der Waals surface area contributed by atoms with Crippen LogP contribution in [0.4, 0.5) is 0 Å². The monoisotopic (exact) mass is 341 g/mol. The number of nitrogens with two attached hydrogens (primary N) is 2. The Balaban J connectivity index is 0.000000970. The molecule has 0 amide bonds. The van der Waals surface area contributed by atoms with E-state index in [1.54, 1.807) is 12.6 Å². The second kappa shape index (κ2) is 9.59. The first kappa shape index (κ1) is 21.2. The summed E-state index contributed by atoms with van der Waals surface area (Å²) in [4.78, 5) is 0. The Labute approximate surface area is 153 Å². The number of benzene rings is 1. The van der Waals surface area contributed by atoms with Crippen molar-refractivity contribution in [1.29, 1.82) is 0 Å². The van der Waals surface area contributed by atoms with E-state index < -0.39 is 0 Å². The predicted octanol–water partition coefficient (Wildman–Crippen LogP) is 4.59. The first-order valence-corrected chi connectivity index (χ1v) is 9.12. The van der Waals surface area contributed by atoms with Gasteiger partial charge >= 0.3 is 0 Å². The summed E-state index contributed by atoms with van der Waals surface area (Å²) in [6.07, 6.45) is 9.05. The normalized spacial score (nSPS) is 16.0. The van der Waals surface area contributed by atoms with Gasteiger partial charge in [0.15, 0.2) is 0 Å². The first-order valence-electron chi connectivity index (χ1n) is 9.12. The summed E-state index contributed by atoms with van der Waals surface area (Å²) >= 11 is 0. The van der Waals surface area contributed by atoms with Gasteiger partial charge in [-0.1, -0.05) is 56.7 Å². The molecule has 3 heteroatoms.